The van der Waals surface area contributed by atoms with Crippen LogP contribution in [0, 0.1) is 0 Å². The van der Waals surface area contributed by atoms with E-state index in [1.54, 1.807) is 0 Å². The van der Waals surface area contributed by atoms with Crippen molar-refractivity contribution >= 4 is 0 Å². The fraction of sp³-hybridized carbons (Fsp3) is 0.867. The Bertz CT molecular complexity index is 394. The molecule has 1 fully saturated rings. The average Bonchev–Trinajstić information content (AvgIpc) is 2.98. The molecule has 1 N–H and O–H groups in total. The van der Waals surface area contributed by atoms with Gasteiger partial charge >= 0.3 is 0 Å². The summed E-state index contributed by atoms with van der Waals surface area (Å²) in [7, 11) is 0. The Morgan fingerprint density at radius 3 is 2.50 bits per heavy atom. The zero-order valence-electron chi connectivity index (χ0n) is 13.1. The molecule has 0 amide bonds. The van der Waals surface area contributed by atoms with Crippen molar-refractivity contribution in [1.82, 2.24) is 20.4 Å². The SMILES string of the molecule is CCN(CC)CCc1noc(C2(CC)CCNCC2)n1. The molecule has 1 aromatic heterocycles. The zero-order valence-corrected chi connectivity index (χ0v) is 13.1. The highest BCUT2D eigenvalue weighted by molar-refractivity contribution is 5.07. The lowest BCUT2D eigenvalue weighted by molar-refractivity contribution is 0.215. The molecule has 1 saturated heterocycles. The number of nitrogens with one attached hydrogen (secondary N) is 1. The van der Waals surface area contributed by atoms with Crippen molar-refractivity contribution in [3.8, 4) is 0 Å². The molecule has 0 bridgehead atoms. The number of nitrogens with zero attached hydrogens (tertiary/aromatic N) is 3. The Balaban J connectivity index is 2.00. The highest BCUT2D eigenvalue weighted by atomic mass is 16.5. The van der Waals surface area contributed by atoms with Crippen molar-refractivity contribution < 1.29 is 4.52 Å². The van der Waals surface area contributed by atoms with E-state index in [0.717, 1.165) is 70.1 Å². The van der Waals surface area contributed by atoms with Gasteiger partial charge in [-0.2, -0.15) is 4.98 Å². The number of rotatable bonds is 7. The molecular formula is C15H28N4O. The molecule has 5 heteroatoms. The molecule has 0 aromatic carbocycles. The van der Waals surface area contributed by atoms with Gasteiger partial charge in [-0.25, -0.2) is 0 Å². The van der Waals surface area contributed by atoms with Gasteiger partial charge in [-0.15, -0.1) is 0 Å². The van der Waals surface area contributed by atoms with Gasteiger partial charge < -0.3 is 14.7 Å². The lowest BCUT2D eigenvalue weighted by atomic mass is 9.76. The summed E-state index contributed by atoms with van der Waals surface area (Å²) in [6.45, 7) is 11.9. The molecule has 5 nitrogen and oxygen atoms in total. The topological polar surface area (TPSA) is 54.2 Å². The standard InChI is InChI=1S/C15H28N4O/c1-4-15(8-10-16-11-9-15)14-17-13(18-20-14)7-12-19(5-2)6-3/h16H,4-12H2,1-3H3. The van der Waals surface area contributed by atoms with Gasteiger partial charge in [-0.05, 0) is 45.4 Å². The molecule has 2 heterocycles. The van der Waals surface area contributed by atoms with E-state index in [4.69, 9.17) is 4.52 Å². The van der Waals surface area contributed by atoms with E-state index < -0.39 is 0 Å². The second kappa shape index (κ2) is 7.18. The smallest absolute Gasteiger partial charge is 0.232 e. The lowest BCUT2D eigenvalue weighted by Gasteiger charge is -2.33. The van der Waals surface area contributed by atoms with Crippen molar-refractivity contribution in [2.45, 2.75) is 51.9 Å². The second-order valence-electron chi connectivity index (χ2n) is 5.68. The summed E-state index contributed by atoms with van der Waals surface area (Å²) in [4.78, 5) is 7.07. The van der Waals surface area contributed by atoms with Crippen molar-refractivity contribution in [1.29, 1.82) is 0 Å². The number of aromatic nitrogens is 2. The highest BCUT2D eigenvalue weighted by Gasteiger charge is 2.37. The van der Waals surface area contributed by atoms with Gasteiger partial charge in [-0.1, -0.05) is 25.9 Å². The Morgan fingerprint density at radius 1 is 1.20 bits per heavy atom. The van der Waals surface area contributed by atoms with Crippen molar-refractivity contribution in [3.63, 3.8) is 0 Å². The minimum Gasteiger partial charge on any atom is -0.339 e. The van der Waals surface area contributed by atoms with Crippen LogP contribution in [-0.2, 0) is 11.8 Å². The fourth-order valence-electron chi connectivity index (χ4n) is 2.99. The third kappa shape index (κ3) is 3.38. The number of hydrogen-bond acceptors (Lipinski definition) is 5. The van der Waals surface area contributed by atoms with Crippen LogP contribution in [0.25, 0.3) is 0 Å². The van der Waals surface area contributed by atoms with E-state index in [1.807, 2.05) is 0 Å². The summed E-state index contributed by atoms with van der Waals surface area (Å²) in [6.07, 6.45) is 4.15. The first kappa shape index (κ1) is 15.4. The molecule has 114 valence electrons. The quantitative estimate of drug-likeness (QED) is 0.828. The first-order chi connectivity index (χ1) is 9.74. The molecule has 0 radical (unpaired) electrons. The van der Waals surface area contributed by atoms with Crippen molar-refractivity contribution in [2.24, 2.45) is 0 Å². The Kier molecular flexibility index (Phi) is 5.54. The van der Waals surface area contributed by atoms with Crippen LogP contribution < -0.4 is 5.32 Å². The largest absolute Gasteiger partial charge is 0.339 e. The summed E-state index contributed by atoms with van der Waals surface area (Å²) in [6, 6.07) is 0. The number of piperidine rings is 1. The van der Waals surface area contributed by atoms with E-state index in [-0.39, 0.29) is 5.41 Å². The minimum atomic E-state index is 0.103. The van der Waals surface area contributed by atoms with Crippen LogP contribution >= 0.6 is 0 Å². The van der Waals surface area contributed by atoms with Crippen LogP contribution in [0.1, 0.15) is 51.7 Å². The molecular weight excluding hydrogens is 252 g/mol. The van der Waals surface area contributed by atoms with Crippen LogP contribution in [0.3, 0.4) is 0 Å². The van der Waals surface area contributed by atoms with Gasteiger partial charge in [0.05, 0.1) is 5.41 Å². The molecule has 0 atom stereocenters. The van der Waals surface area contributed by atoms with Gasteiger partial charge in [0.25, 0.3) is 0 Å². The number of hydrogen-bond donors (Lipinski definition) is 1. The van der Waals surface area contributed by atoms with E-state index in [0.29, 0.717) is 0 Å². The molecule has 0 saturated carbocycles. The zero-order chi connectivity index (χ0) is 14.4. The highest BCUT2D eigenvalue weighted by Crippen LogP contribution is 2.35. The van der Waals surface area contributed by atoms with E-state index in [2.05, 4.69) is 41.1 Å². The molecule has 0 unspecified atom stereocenters. The third-order valence-corrected chi connectivity index (χ3v) is 4.71. The van der Waals surface area contributed by atoms with Gasteiger partial charge in [0.2, 0.25) is 5.89 Å². The van der Waals surface area contributed by atoms with E-state index >= 15 is 0 Å². The van der Waals surface area contributed by atoms with E-state index in [1.165, 1.54) is 0 Å². The summed E-state index contributed by atoms with van der Waals surface area (Å²) in [5, 5.41) is 7.60. The maximum absolute atomic E-state index is 5.59. The maximum atomic E-state index is 5.59. The van der Waals surface area contributed by atoms with Gasteiger partial charge in [0.15, 0.2) is 5.82 Å². The third-order valence-electron chi connectivity index (χ3n) is 4.71. The molecule has 1 aromatic rings. The molecule has 1 aliphatic heterocycles. The maximum Gasteiger partial charge on any atom is 0.232 e. The molecule has 0 aliphatic carbocycles. The predicted molar refractivity (Wildman–Crippen MR) is 79.9 cm³/mol. The first-order valence-corrected chi connectivity index (χ1v) is 8.00. The Morgan fingerprint density at radius 2 is 1.90 bits per heavy atom. The first-order valence-electron chi connectivity index (χ1n) is 8.00. The molecule has 1 aliphatic rings. The Labute approximate surface area is 122 Å². The lowest BCUT2D eigenvalue weighted by Crippen LogP contribution is -2.39. The summed E-state index contributed by atoms with van der Waals surface area (Å²) in [5.74, 6) is 1.72. The van der Waals surface area contributed by atoms with Gasteiger partial charge in [0.1, 0.15) is 0 Å². The molecule has 2 rings (SSSR count). The van der Waals surface area contributed by atoms with Gasteiger partial charge in [-0.3, -0.25) is 0 Å². The summed E-state index contributed by atoms with van der Waals surface area (Å²) in [5.41, 5.74) is 0.103. The summed E-state index contributed by atoms with van der Waals surface area (Å²) < 4.78 is 5.59. The minimum absolute atomic E-state index is 0.103. The normalized spacial score (nSPS) is 18.6. The van der Waals surface area contributed by atoms with Crippen LogP contribution in [0.5, 0.6) is 0 Å². The number of likely N-dealkylation sites (N-methyl/N-ethyl adjacent to an activating group) is 1. The van der Waals surface area contributed by atoms with Crippen molar-refractivity contribution in [2.75, 3.05) is 32.7 Å². The molecule has 20 heavy (non-hydrogen) atoms. The van der Waals surface area contributed by atoms with Crippen LogP contribution in [0.15, 0.2) is 4.52 Å². The monoisotopic (exact) mass is 280 g/mol. The van der Waals surface area contributed by atoms with Gasteiger partial charge in [0, 0.05) is 13.0 Å². The van der Waals surface area contributed by atoms with Crippen LogP contribution in [0.4, 0.5) is 0 Å². The van der Waals surface area contributed by atoms with Crippen molar-refractivity contribution in [3.05, 3.63) is 11.7 Å². The van der Waals surface area contributed by atoms with E-state index in [9.17, 15) is 0 Å². The van der Waals surface area contributed by atoms with Crippen LogP contribution in [0.2, 0.25) is 0 Å². The Hall–Kier alpha value is -0.940. The average molecular weight is 280 g/mol. The fourth-order valence-corrected chi connectivity index (χ4v) is 2.99. The molecule has 0 spiro atoms. The summed E-state index contributed by atoms with van der Waals surface area (Å²) >= 11 is 0. The predicted octanol–water partition coefficient (Wildman–Crippen LogP) is 1.99. The second-order valence-corrected chi connectivity index (χ2v) is 5.68. The van der Waals surface area contributed by atoms with Crippen LogP contribution in [-0.4, -0.2) is 47.8 Å².